The van der Waals surface area contributed by atoms with Crippen LogP contribution in [0.5, 0.6) is 0 Å². The second-order valence-electron chi connectivity index (χ2n) is 3.98. The van der Waals surface area contributed by atoms with Crippen LogP contribution in [0.4, 0.5) is 11.5 Å². The summed E-state index contributed by atoms with van der Waals surface area (Å²) in [6, 6.07) is 3.15. The Bertz CT molecular complexity index is 452. The Balaban J connectivity index is 2.81. The van der Waals surface area contributed by atoms with E-state index in [1.54, 1.807) is 12.1 Å². The Morgan fingerprint density at radius 2 is 1.89 bits per heavy atom. The zero-order valence-electron chi connectivity index (χ0n) is 10.8. The Kier molecular flexibility index (Phi) is 5.36. The minimum Gasteiger partial charge on any atom is -0.384 e. The normalized spacial score (nSPS) is 11.7. The van der Waals surface area contributed by atoms with Crippen LogP contribution >= 0.6 is 0 Å². The third-order valence-corrected chi connectivity index (χ3v) is 3.86. The second-order valence-corrected chi connectivity index (χ2v) is 5.65. The largest absolute Gasteiger partial charge is 0.384 e. The van der Waals surface area contributed by atoms with Crippen LogP contribution in [0.3, 0.4) is 0 Å². The van der Waals surface area contributed by atoms with Crippen molar-refractivity contribution >= 4 is 21.7 Å². The molecular formula is C11H20N4O2S. The molecule has 0 unspecified atom stereocenters. The summed E-state index contributed by atoms with van der Waals surface area (Å²) in [5, 5.41) is 0. The molecule has 18 heavy (non-hydrogen) atoms. The number of hydrogen-bond donors (Lipinski definition) is 2. The molecule has 0 aliphatic carbocycles. The lowest BCUT2D eigenvalue weighted by Crippen LogP contribution is -2.37. The molecular weight excluding hydrogens is 252 g/mol. The van der Waals surface area contributed by atoms with Gasteiger partial charge in [0.2, 0.25) is 0 Å². The first-order valence-corrected chi connectivity index (χ1v) is 7.43. The van der Waals surface area contributed by atoms with Crippen molar-refractivity contribution in [3.63, 3.8) is 0 Å². The lowest BCUT2D eigenvalue weighted by Gasteiger charge is -2.21. The van der Waals surface area contributed by atoms with Gasteiger partial charge in [-0.2, -0.15) is 12.7 Å². The highest BCUT2D eigenvalue weighted by atomic mass is 32.2. The summed E-state index contributed by atoms with van der Waals surface area (Å²) in [5.41, 5.74) is 5.86. The number of nitrogens with zero attached hydrogens (tertiary/aromatic N) is 2. The van der Waals surface area contributed by atoms with E-state index >= 15 is 0 Å². The Morgan fingerprint density at radius 1 is 1.28 bits per heavy atom. The van der Waals surface area contributed by atoms with Crippen LogP contribution in [-0.2, 0) is 10.2 Å². The van der Waals surface area contributed by atoms with Crippen molar-refractivity contribution in [2.45, 2.75) is 26.7 Å². The molecule has 0 amide bonds. The molecule has 3 N–H and O–H groups in total. The first-order chi connectivity index (χ1) is 8.49. The number of anilines is 2. The van der Waals surface area contributed by atoms with Crippen LogP contribution in [0.1, 0.15) is 26.7 Å². The van der Waals surface area contributed by atoms with E-state index in [1.807, 2.05) is 13.8 Å². The van der Waals surface area contributed by atoms with Crippen LogP contribution in [0, 0.1) is 0 Å². The number of nitrogens with one attached hydrogen (secondary N) is 1. The molecule has 0 aliphatic rings. The van der Waals surface area contributed by atoms with Crippen LogP contribution in [0.15, 0.2) is 18.3 Å². The van der Waals surface area contributed by atoms with Gasteiger partial charge in [0.25, 0.3) is 0 Å². The molecule has 0 aliphatic heterocycles. The van der Waals surface area contributed by atoms with E-state index in [1.165, 1.54) is 10.5 Å². The van der Waals surface area contributed by atoms with Gasteiger partial charge in [-0.1, -0.05) is 13.8 Å². The summed E-state index contributed by atoms with van der Waals surface area (Å²) in [4.78, 5) is 3.85. The molecule has 1 aromatic heterocycles. The van der Waals surface area contributed by atoms with Crippen molar-refractivity contribution < 1.29 is 8.42 Å². The first-order valence-electron chi connectivity index (χ1n) is 5.99. The highest BCUT2D eigenvalue weighted by Crippen LogP contribution is 2.12. The zero-order valence-corrected chi connectivity index (χ0v) is 11.6. The van der Waals surface area contributed by atoms with Gasteiger partial charge in [-0.05, 0) is 25.0 Å². The van der Waals surface area contributed by atoms with Crippen LogP contribution < -0.4 is 10.5 Å². The first kappa shape index (κ1) is 14.7. The fourth-order valence-electron chi connectivity index (χ4n) is 1.53. The summed E-state index contributed by atoms with van der Waals surface area (Å²) in [7, 11) is -3.51. The number of pyridine rings is 1. The number of nitrogen functional groups attached to an aromatic ring is 1. The average Bonchev–Trinajstić information content (AvgIpc) is 2.32. The van der Waals surface area contributed by atoms with E-state index in [2.05, 4.69) is 9.71 Å². The summed E-state index contributed by atoms with van der Waals surface area (Å²) in [6.45, 7) is 4.91. The van der Waals surface area contributed by atoms with Crippen LogP contribution in [-0.4, -0.2) is 30.8 Å². The summed E-state index contributed by atoms with van der Waals surface area (Å²) in [5.74, 6) is 0.358. The molecule has 0 saturated carbocycles. The van der Waals surface area contributed by atoms with Gasteiger partial charge in [-0.15, -0.1) is 0 Å². The number of aromatic nitrogens is 1. The number of nitrogens with two attached hydrogens (primary N) is 1. The SMILES string of the molecule is CCCN(CCC)S(=O)(=O)Nc1ccc(N)nc1. The minimum absolute atomic E-state index is 0.358. The topological polar surface area (TPSA) is 88.3 Å². The Hall–Kier alpha value is -1.34. The average molecular weight is 272 g/mol. The molecule has 0 spiro atoms. The van der Waals surface area contributed by atoms with Gasteiger partial charge in [-0.3, -0.25) is 4.72 Å². The van der Waals surface area contributed by atoms with Gasteiger partial charge < -0.3 is 5.73 Å². The fraction of sp³-hybridized carbons (Fsp3) is 0.545. The molecule has 7 heteroatoms. The predicted octanol–water partition coefficient (Wildman–Crippen LogP) is 1.44. The highest BCUT2D eigenvalue weighted by molar-refractivity contribution is 7.90. The third-order valence-electron chi connectivity index (χ3n) is 2.32. The maximum Gasteiger partial charge on any atom is 0.301 e. The van der Waals surface area contributed by atoms with Crippen molar-refractivity contribution in [2.24, 2.45) is 0 Å². The van der Waals surface area contributed by atoms with E-state index in [4.69, 9.17) is 5.73 Å². The van der Waals surface area contributed by atoms with Gasteiger partial charge in [0, 0.05) is 13.1 Å². The molecule has 102 valence electrons. The molecule has 0 fully saturated rings. The lowest BCUT2D eigenvalue weighted by molar-refractivity contribution is 0.413. The molecule has 1 heterocycles. The monoisotopic (exact) mass is 272 g/mol. The van der Waals surface area contributed by atoms with E-state index in [0.717, 1.165) is 12.8 Å². The zero-order chi connectivity index (χ0) is 13.6. The molecule has 1 rings (SSSR count). The van der Waals surface area contributed by atoms with Crippen LogP contribution in [0.25, 0.3) is 0 Å². The third kappa shape index (κ3) is 4.15. The van der Waals surface area contributed by atoms with Crippen molar-refractivity contribution in [3.05, 3.63) is 18.3 Å². The van der Waals surface area contributed by atoms with Crippen molar-refractivity contribution in [2.75, 3.05) is 23.5 Å². The summed E-state index contributed by atoms with van der Waals surface area (Å²) >= 11 is 0. The molecule has 0 radical (unpaired) electrons. The molecule has 0 saturated heterocycles. The molecule has 1 aromatic rings. The lowest BCUT2D eigenvalue weighted by atomic mass is 10.4. The van der Waals surface area contributed by atoms with E-state index in [0.29, 0.717) is 24.6 Å². The van der Waals surface area contributed by atoms with E-state index in [9.17, 15) is 8.42 Å². The summed E-state index contributed by atoms with van der Waals surface area (Å²) < 4.78 is 28.2. The quantitative estimate of drug-likeness (QED) is 0.786. The van der Waals surface area contributed by atoms with E-state index in [-0.39, 0.29) is 0 Å². The van der Waals surface area contributed by atoms with Gasteiger partial charge in [-0.25, -0.2) is 4.98 Å². The van der Waals surface area contributed by atoms with Gasteiger partial charge >= 0.3 is 10.2 Å². The fourth-order valence-corrected chi connectivity index (χ4v) is 2.92. The smallest absolute Gasteiger partial charge is 0.301 e. The Morgan fingerprint density at radius 3 is 2.33 bits per heavy atom. The highest BCUT2D eigenvalue weighted by Gasteiger charge is 2.20. The number of rotatable bonds is 7. The number of hydrogen-bond acceptors (Lipinski definition) is 4. The maximum atomic E-state index is 12.1. The minimum atomic E-state index is -3.51. The van der Waals surface area contributed by atoms with Gasteiger partial charge in [0.15, 0.2) is 0 Å². The molecule has 0 bridgehead atoms. The predicted molar refractivity (Wildman–Crippen MR) is 73.3 cm³/mol. The van der Waals surface area contributed by atoms with Crippen molar-refractivity contribution in [1.82, 2.24) is 9.29 Å². The molecule has 0 aromatic carbocycles. The second kappa shape index (κ2) is 6.55. The maximum absolute atomic E-state index is 12.1. The standard InChI is InChI=1S/C11H20N4O2S/c1-3-7-15(8-4-2)18(16,17)14-10-5-6-11(12)13-9-10/h5-6,9,14H,3-4,7-8H2,1-2H3,(H2,12,13). The molecule has 6 nitrogen and oxygen atoms in total. The Labute approximate surface area is 108 Å². The van der Waals surface area contributed by atoms with Crippen molar-refractivity contribution in [3.8, 4) is 0 Å². The molecule has 0 atom stereocenters. The van der Waals surface area contributed by atoms with Crippen molar-refractivity contribution in [1.29, 1.82) is 0 Å². The van der Waals surface area contributed by atoms with Gasteiger partial charge in [0.05, 0.1) is 11.9 Å². The van der Waals surface area contributed by atoms with Gasteiger partial charge in [0.1, 0.15) is 5.82 Å². The van der Waals surface area contributed by atoms with E-state index < -0.39 is 10.2 Å². The van der Waals surface area contributed by atoms with Crippen LogP contribution in [0.2, 0.25) is 0 Å². The summed E-state index contributed by atoms with van der Waals surface area (Å²) in [6.07, 6.45) is 2.96.